The van der Waals surface area contributed by atoms with E-state index in [0.29, 0.717) is 30.6 Å². The summed E-state index contributed by atoms with van der Waals surface area (Å²) in [6.07, 6.45) is -2.49. The van der Waals surface area contributed by atoms with E-state index < -0.39 is 17.6 Å². The lowest BCUT2D eigenvalue weighted by atomic mass is 9.98. The van der Waals surface area contributed by atoms with Crippen molar-refractivity contribution in [3.8, 4) is 11.1 Å². The zero-order chi connectivity index (χ0) is 24.0. The summed E-state index contributed by atoms with van der Waals surface area (Å²) in [5.74, 6) is -0.867. The van der Waals surface area contributed by atoms with E-state index in [0.717, 1.165) is 11.6 Å². The van der Waals surface area contributed by atoms with Crippen LogP contribution >= 0.6 is 15.9 Å². The minimum atomic E-state index is -4.66. The van der Waals surface area contributed by atoms with Crippen molar-refractivity contribution >= 4 is 27.5 Å². The van der Waals surface area contributed by atoms with Crippen LogP contribution in [0.15, 0.2) is 71.5 Å². The zero-order valence-corrected chi connectivity index (χ0v) is 19.3. The van der Waals surface area contributed by atoms with E-state index in [1.165, 1.54) is 22.7 Å². The van der Waals surface area contributed by atoms with E-state index in [1.807, 2.05) is 6.07 Å². The van der Waals surface area contributed by atoms with E-state index in [1.54, 1.807) is 41.3 Å². The number of likely N-dealkylation sites (tertiary alicyclic amines) is 1. The van der Waals surface area contributed by atoms with Crippen LogP contribution < -0.4 is 0 Å². The quantitative estimate of drug-likeness (QED) is 0.281. The van der Waals surface area contributed by atoms with Crippen molar-refractivity contribution in [3.63, 3.8) is 0 Å². The summed E-state index contributed by atoms with van der Waals surface area (Å²) in [6.45, 7) is 0.742. The number of hydrogen-bond donors (Lipinski definition) is 0. The maximum Gasteiger partial charge on any atom is 0.420 e. The summed E-state index contributed by atoms with van der Waals surface area (Å²) < 4.78 is 56.8. The van der Waals surface area contributed by atoms with Gasteiger partial charge in [0.05, 0.1) is 5.56 Å². The molecule has 1 aliphatic rings. The van der Waals surface area contributed by atoms with Crippen molar-refractivity contribution in [2.75, 3.05) is 13.1 Å². The number of fused-ring (bicyclic) bond motifs is 1. The standard InChI is InChI=1S/C25H18BrF4N3O/c26-22-21(24(34)32-10-9-17(13-32)16-7-4-8-19(27)11-16)31-23-20(25(28,29)30)12-18(14-33(22)23)15-5-2-1-3-6-15/h1-8,11-12,14,17H,9-10,13H2. The molecular formula is C25H18BrF4N3O. The molecule has 9 heteroatoms. The molecule has 2 aromatic heterocycles. The zero-order valence-electron chi connectivity index (χ0n) is 17.7. The van der Waals surface area contributed by atoms with Crippen LogP contribution in [0.1, 0.15) is 34.0 Å². The molecule has 0 spiro atoms. The SMILES string of the molecule is O=C(c1nc2c(C(F)(F)F)cc(-c3ccccc3)cn2c1Br)N1CCC(c2cccc(F)c2)C1. The van der Waals surface area contributed by atoms with Gasteiger partial charge < -0.3 is 4.90 Å². The number of carbonyl (C=O) groups excluding carboxylic acids is 1. The number of rotatable bonds is 3. The molecule has 0 saturated carbocycles. The lowest BCUT2D eigenvalue weighted by Gasteiger charge is -2.15. The second kappa shape index (κ2) is 8.54. The summed E-state index contributed by atoms with van der Waals surface area (Å²) in [5, 5.41) is 0. The molecule has 4 nitrogen and oxygen atoms in total. The van der Waals surface area contributed by atoms with Gasteiger partial charge in [0.25, 0.3) is 5.91 Å². The number of pyridine rings is 1. The summed E-state index contributed by atoms with van der Waals surface area (Å²) in [4.78, 5) is 18.9. The highest BCUT2D eigenvalue weighted by molar-refractivity contribution is 9.10. The molecule has 1 aliphatic heterocycles. The van der Waals surface area contributed by atoms with E-state index in [9.17, 15) is 22.4 Å². The Bertz CT molecular complexity index is 1380. The number of amides is 1. The van der Waals surface area contributed by atoms with Gasteiger partial charge in [-0.2, -0.15) is 13.2 Å². The maximum atomic E-state index is 13.9. The molecule has 4 aromatic rings. The third kappa shape index (κ3) is 4.09. The first kappa shape index (κ1) is 22.6. The van der Waals surface area contributed by atoms with E-state index >= 15 is 0 Å². The summed E-state index contributed by atoms with van der Waals surface area (Å²) >= 11 is 3.31. The molecule has 0 radical (unpaired) electrons. The van der Waals surface area contributed by atoms with Gasteiger partial charge in [0.15, 0.2) is 11.3 Å². The number of hydrogen-bond acceptors (Lipinski definition) is 2. The van der Waals surface area contributed by atoms with Crippen molar-refractivity contribution in [1.82, 2.24) is 14.3 Å². The van der Waals surface area contributed by atoms with E-state index in [4.69, 9.17) is 0 Å². The van der Waals surface area contributed by atoms with E-state index in [-0.39, 0.29) is 27.7 Å². The van der Waals surface area contributed by atoms with Gasteiger partial charge in [0.2, 0.25) is 0 Å². The van der Waals surface area contributed by atoms with Gasteiger partial charge in [-0.1, -0.05) is 42.5 Å². The minimum absolute atomic E-state index is 0.0501. The third-order valence-corrected chi connectivity index (χ3v) is 6.83. The molecular weight excluding hydrogens is 514 g/mol. The molecule has 1 unspecified atom stereocenters. The molecule has 1 amide bonds. The van der Waals surface area contributed by atoms with Crippen molar-refractivity contribution in [3.05, 3.63) is 94.1 Å². The molecule has 3 heterocycles. The fourth-order valence-electron chi connectivity index (χ4n) is 4.38. The number of imidazole rings is 1. The van der Waals surface area contributed by atoms with Crippen molar-refractivity contribution in [2.45, 2.75) is 18.5 Å². The number of halogens is 5. The van der Waals surface area contributed by atoms with Gasteiger partial charge in [-0.15, -0.1) is 0 Å². The monoisotopic (exact) mass is 531 g/mol. The van der Waals surface area contributed by atoms with Crippen LogP contribution in [-0.4, -0.2) is 33.3 Å². The predicted molar refractivity (Wildman–Crippen MR) is 123 cm³/mol. The number of alkyl halides is 3. The Balaban J connectivity index is 1.53. The van der Waals surface area contributed by atoms with Crippen LogP contribution in [0.2, 0.25) is 0 Å². The highest BCUT2D eigenvalue weighted by Gasteiger charge is 2.37. The Kier molecular flexibility index (Phi) is 5.67. The maximum absolute atomic E-state index is 13.9. The summed E-state index contributed by atoms with van der Waals surface area (Å²) in [7, 11) is 0. The molecule has 0 bridgehead atoms. The van der Waals surface area contributed by atoms with Crippen LogP contribution in [0, 0.1) is 5.82 Å². The Morgan fingerprint density at radius 1 is 1.03 bits per heavy atom. The van der Waals surface area contributed by atoms with Crippen molar-refractivity contribution < 1.29 is 22.4 Å². The second-order valence-electron chi connectivity index (χ2n) is 8.24. The smallest absolute Gasteiger partial charge is 0.337 e. The first-order valence-electron chi connectivity index (χ1n) is 10.6. The molecule has 1 atom stereocenters. The molecule has 1 saturated heterocycles. The van der Waals surface area contributed by atoms with Crippen LogP contribution in [0.25, 0.3) is 16.8 Å². The number of nitrogens with zero attached hydrogens (tertiary/aromatic N) is 3. The Morgan fingerprint density at radius 2 is 1.79 bits per heavy atom. The lowest BCUT2D eigenvalue weighted by Crippen LogP contribution is -2.29. The second-order valence-corrected chi connectivity index (χ2v) is 8.99. The van der Waals surface area contributed by atoms with Gasteiger partial charge in [-0.3, -0.25) is 9.20 Å². The first-order chi connectivity index (χ1) is 16.2. The fraction of sp³-hybridized carbons (Fsp3) is 0.200. The average Bonchev–Trinajstić information content (AvgIpc) is 3.44. The molecule has 5 rings (SSSR count). The molecule has 2 aromatic carbocycles. The Morgan fingerprint density at radius 3 is 2.50 bits per heavy atom. The number of benzene rings is 2. The fourth-order valence-corrected chi connectivity index (χ4v) is 4.91. The first-order valence-corrected chi connectivity index (χ1v) is 11.4. The van der Waals surface area contributed by atoms with Gasteiger partial charge in [-0.05, 0) is 57.2 Å². The van der Waals surface area contributed by atoms with Gasteiger partial charge >= 0.3 is 6.18 Å². The highest BCUT2D eigenvalue weighted by Crippen LogP contribution is 2.37. The molecule has 1 fully saturated rings. The molecule has 0 N–H and O–H groups in total. The third-order valence-electron chi connectivity index (χ3n) is 6.07. The summed E-state index contributed by atoms with van der Waals surface area (Å²) in [5.41, 5.74) is 0.397. The van der Waals surface area contributed by atoms with Crippen LogP contribution in [0.5, 0.6) is 0 Å². The van der Waals surface area contributed by atoms with Gasteiger partial charge in [-0.25, -0.2) is 9.37 Å². The van der Waals surface area contributed by atoms with E-state index in [2.05, 4.69) is 20.9 Å². The van der Waals surface area contributed by atoms with Gasteiger partial charge in [0.1, 0.15) is 10.4 Å². The molecule has 0 aliphatic carbocycles. The normalized spacial score (nSPS) is 16.4. The predicted octanol–water partition coefficient (Wildman–Crippen LogP) is 6.55. The minimum Gasteiger partial charge on any atom is -0.337 e. The summed E-state index contributed by atoms with van der Waals surface area (Å²) in [6, 6.07) is 16.0. The van der Waals surface area contributed by atoms with Crippen molar-refractivity contribution in [2.24, 2.45) is 0 Å². The number of carbonyl (C=O) groups is 1. The average molecular weight is 532 g/mol. The van der Waals surface area contributed by atoms with Crippen LogP contribution in [-0.2, 0) is 6.18 Å². The number of aromatic nitrogens is 2. The van der Waals surface area contributed by atoms with Crippen LogP contribution in [0.3, 0.4) is 0 Å². The highest BCUT2D eigenvalue weighted by atomic mass is 79.9. The molecule has 174 valence electrons. The van der Waals surface area contributed by atoms with Crippen LogP contribution in [0.4, 0.5) is 17.6 Å². The Hall–Kier alpha value is -3.20. The van der Waals surface area contributed by atoms with Gasteiger partial charge in [0, 0.05) is 25.2 Å². The largest absolute Gasteiger partial charge is 0.420 e. The Labute approximate surface area is 201 Å². The van der Waals surface area contributed by atoms with Crippen molar-refractivity contribution in [1.29, 1.82) is 0 Å². The topological polar surface area (TPSA) is 37.6 Å². The molecule has 34 heavy (non-hydrogen) atoms. The lowest BCUT2D eigenvalue weighted by molar-refractivity contribution is -0.136.